The number of ether oxygens (including phenoxy) is 1. The summed E-state index contributed by atoms with van der Waals surface area (Å²) in [6.45, 7) is 4.20. The fourth-order valence-corrected chi connectivity index (χ4v) is 3.57. The van der Waals surface area contributed by atoms with Gasteiger partial charge >= 0.3 is 0 Å². The van der Waals surface area contributed by atoms with Crippen molar-refractivity contribution < 1.29 is 4.74 Å². The van der Waals surface area contributed by atoms with Crippen molar-refractivity contribution in [2.45, 2.75) is 13.8 Å². The molecule has 0 fully saturated rings. The van der Waals surface area contributed by atoms with E-state index < -0.39 is 0 Å². The van der Waals surface area contributed by atoms with Gasteiger partial charge in [-0.3, -0.25) is 0 Å². The Morgan fingerprint density at radius 1 is 1.17 bits per heavy atom. The van der Waals surface area contributed by atoms with Crippen LogP contribution in [0.3, 0.4) is 0 Å². The van der Waals surface area contributed by atoms with E-state index in [1.807, 2.05) is 24.3 Å². The molecule has 0 saturated carbocycles. The second-order valence-electron chi connectivity index (χ2n) is 5.25. The van der Waals surface area contributed by atoms with Crippen LogP contribution in [0, 0.1) is 13.8 Å². The number of nitrogens with zero attached hydrogens (tertiary/aromatic N) is 4. The quantitative estimate of drug-likeness (QED) is 0.622. The number of aryl methyl sites for hydroxylation is 2. The van der Waals surface area contributed by atoms with Crippen LogP contribution in [0.1, 0.15) is 10.4 Å². The average molecular weight is 325 g/mol. The summed E-state index contributed by atoms with van der Waals surface area (Å²) in [5.41, 5.74) is 2.96. The lowest BCUT2D eigenvalue weighted by molar-refractivity contribution is 0.415. The second kappa shape index (κ2) is 5.20. The van der Waals surface area contributed by atoms with Crippen LogP contribution in [-0.4, -0.2) is 26.7 Å². The van der Waals surface area contributed by atoms with E-state index >= 15 is 0 Å². The number of hydrogen-bond acceptors (Lipinski definition) is 6. The molecule has 0 spiro atoms. The lowest BCUT2D eigenvalue weighted by Crippen LogP contribution is -2.03. The highest BCUT2D eigenvalue weighted by atomic mass is 32.1. The largest absolute Gasteiger partial charge is 0.497 e. The summed E-state index contributed by atoms with van der Waals surface area (Å²) >= 11 is 1.68. The summed E-state index contributed by atoms with van der Waals surface area (Å²) in [5.74, 6) is 1.46. The van der Waals surface area contributed by atoms with Crippen LogP contribution in [0.15, 0.2) is 30.6 Å². The Labute approximate surface area is 136 Å². The molecule has 0 unspecified atom stereocenters. The number of fused-ring (bicyclic) bond motifs is 3. The Kier molecular flexibility index (Phi) is 3.16. The minimum absolute atomic E-state index is 0.649. The Bertz CT molecular complexity index is 1000. The maximum absolute atomic E-state index is 5.18. The van der Waals surface area contributed by atoms with Crippen LogP contribution >= 0.6 is 11.3 Å². The summed E-state index contributed by atoms with van der Waals surface area (Å²) in [6.07, 6.45) is 1.56. The third kappa shape index (κ3) is 2.20. The molecule has 1 N–H and O–H groups in total. The van der Waals surface area contributed by atoms with Gasteiger partial charge in [-0.1, -0.05) is 0 Å². The maximum Gasteiger partial charge on any atom is 0.231 e. The van der Waals surface area contributed by atoms with Crippen LogP contribution in [0.5, 0.6) is 5.75 Å². The highest BCUT2D eigenvalue weighted by Crippen LogP contribution is 2.33. The van der Waals surface area contributed by atoms with Crippen LogP contribution in [-0.2, 0) is 0 Å². The summed E-state index contributed by atoms with van der Waals surface area (Å²) in [7, 11) is 1.65. The normalized spacial score (nSPS) is 11.3. The van der Waals surface area contributed by atoms with Crippen molar-refractivity contribution in [3.05, 3.63) is 41.0 Å². The molecule has 4 rings (SSSR count). The van der Waals surface area contributed by atoms with Crippen molar-refractivity contribution in [3.63, 3.8) is 0 Å². The molecule has 0 aliphatic rings. The number of aromatic nitrogens is 4. The van der Waals surface area contributed by atoms with E-state index in [1.54, 1.807) is 29.3 Å². The molecule has 116 valence electrons. The molecule has 0 radical (unpaired) electrons. The van der Waals surface area contributed by atoms with Crippen molar-refractivity contribution in [1.82, 2.24) is 19.6 Å². The first kappa shape index (κ1) is 14.0. The second-order valence-corrected chi connectivity index (χ2v) is 6.45. The topological polar surface area (TPSA) is 64.3 Å². The van der Waals surface area contributed by atoms with Crippen LogP contribution < -0.4 is 10.1 Å². The van der Waals surface area contributed by atoms with Crippen molar-refractivity contribution in [3.8, 4) is 5.75 Å². The standard InChI is InChI=1S/C16H15N5OS/c1-9-10(2)23-15-13(9)14-17-8-18-21(14)16(20-15)19-11-4-6-12(22-3)7-5-11/h4-8H,1-3H3,(H,19,20). The minimum atomic E-state index is 0.649. The number of nitrogens with one attached hydrogen (secondary N) is 1. The van der Waals surface area contributed by atoms with Crippen molar-refractivity contribution in [2.75, 3.05) is 12.4 Å². The summed E-state index contributed by atoms with van der Waals surface area (Å²) in [5, 5.41) is 8.69. The molecule has 0 atom stereocenters. The molecule has 0 amide bonds. The lowest BCUT2D eigenvalue weighted by atomic mass is 10.2. The number of anilines is 2. The third-order valence-corrected chi connectivity index (χ3v) is 4.99. The number of rotatable bonds is 3. The molecule has 4 aromatic rings. The van der Waals surface area contributed by atoms with Crippen molar-refractivity contribution in [2.24, 2.45) is 0 Å². The third-order valence-electron chi connectivity index (χ3n) is 3.89. The smallest absolute Gasteiger partial charge is 0.231 e. The SMILES string of the molecule is COc1ccc(Nc2nc3sc(C)c(C)c3c3ncnn23)cc1. The van der Waals surface area contributed by atoms with E-state index in [4.69, 9.17) is 9.72 Å². The predicted octanol–water partition coefficient (Wildman–Crippen LogP) is 3.71. The zero-order valence-corrected chi connectivity index (χ0v) is 13.8. The van der Waals surface area contributed by atoms with Crippen LogP contribution in [0.25, 0.3) is 15.9 Å². The highest BCUT2D eigenvalue weighted by Gasteiger charge is 2.15. The maximum atomic E-state index is 5.18. The first-order valence-electron chi connectivity index (χ1n) is 7.18. The molecule has 0 saturated heterocycles. The van der Waals surface area contributed by atoms with E-state index in [2.05, 4.69) is 29.2 Å². The van der Waals surface area contributed by atoms with Crippen molar-refractivity contribution in [1.29, 1.82) is 0 Å². The molecule has 3 heterocycles. The van der Waals surface area contributed by atoms with Gasteiger partial charge < -0.3 is 10.1 Å². The Hall–Kier alpha value is -2.67. The lowest BCUT2D eigenvalue weighted by Gasteiger charge is -2.08. The fourth-order valence-electron chi connectivity index (χ4n) is 2.55. The fraction of sp³-hybridized carbons (Fsp3) is 0.188. The number of benzene rings is 1. The Morgan fingerprint density at radius 2 is 1.96 bits per heavy atom. The van der Waals surface area contributed by atoms with Crippen LogP contribution in [0.2, 0.25) is 0 Å². The van der Waals surface area contributed by atoms with Gasteiger partial charge in [0.2, 0.25) is 5.95 Å². The molecular formula is C16H15N5OS. The van der Waals surface area contributed by atoms with Gasteiger partial charge in [0.25, 0.3) is 0 Å². The van der Waals surface area contributed by atoms with Gasteiger partial charge in [-0.25, -0.2) is 9.97 Å². The zero-order chi connectivity index (χ0) is 16.0. The van der Waals surface area contributed by atoms with E-state index in [1.165, 1.54) is 10.4 Å². The number of hydrogen-bond donors (Lipinski definition) is 1. The molecule has 6 nitrogen and oxygen atoms in total. The van der Waals surface area contributed by atoms with Gasteiger partial charge in [0, 0.05) is 10.6 Å². The molecule has 1 aromatic carbocycles. The first-order valence-corrected chi connectivity index (χ1v) is 7.99. The molecule has 0 aliphatic carbocycles. The van der Waals surface area contributed by atoms with E-state index in [9.17, 15) is 0 Å². The van der Waals surface area contributed by atoms with Crippen molar-refractivity contribution >= 4 is 38.8 Å². The molecule has 0 aliphatic heterocycles. The highest BCUT2D eigenvalue weighted by molar-refractivity contribution is 7.18. The molecule has 23 heavy (non-hydrogen) atoms. The van der Waals surface area contributed by atoms with Gasteiger partial charge in [-0.15, -0.1) is 11.3 Å². The van der Waals surface area contributed by atoms with Gasteiger partial charge in [0.15, 0.2) is 5.65 Å². The first-order chi connectivity index (χ1) is 11.2. The Balaban J connectivity index is 1.86. The van der Waals surface area contributed by atoms with Crippen LogP contribution in [0.4, 0.5) is 11.6 Å². The zero-order valence-electron chi connectivity index (χ0n) is 13.0. The summed E-state index contributed by atoms with van der Waals surface area (Å²) < 4.78 is 6.92. The molecule has 7 heteroatoms. The predicted molar refractivity (Wildman–Crippen MR) is 91.9 cm³/mol. The number of methoxy groups -OCH3 is 1. The van der Waals surface area contributed by atoms with E-state index in [-0.39, 0.29) is 0 Å². The average Bonchev–Trinajstić information content (AvgIpc) is 3.14. The summed E-state index contributed by atoms with van der Waals surface area (Å²) in [4.78, 5) is 11.4. The minimum Gasteiger partial charge on any atom is -0.497 e. The summed E-state index contributed by atoms with van der Waals surface area (Å²) in [6, 6.07) is 7.69. The molecule has 0 bridgehead atoms. The molecule has 3 aromatic heterocycles. The van der Waals surface area contributed by atoms with Gasteiger partial charge in [-0.05, 0) is 43.7 Å². The van der Waals surface area contributed by atoms with E-state index in [0.717, 1.165) is 27.3 Å². The number of thiophene rings is 1. The Morgan fingerprint density at radius 3 is 2.70 bits per heavy atom. The van der Waals surface area contributed by atoms with Gasteiger partial charge in [0.1, 0.15) is 16.9 Å². The van der Waals surface area contributed by atoms with Gasteiger partial charge in [0.05, 0.1) is 12.5 Å². The van der Waals surface area contributed by atoms with Gasteiger partial charge in [-0.2, -0.15) is 9.61 Å². The molecular weight excluding hydrogens is 310 g/mol. The van der Waals surface area contributed by atoms with E-state index in [0.29, 0.717) is 5.95 Å². The monoisotopic (exact) mass is 325 g/mol.